The molecular formula is C16H25BO4. The van der Waals surface area contributed by atoms with Gasteiger partial charge in [-0.2, -0.15) is 0 Å². The molecule has 2 rings (SSSR count). The fraction of sp³-hybridized carbons (Fsp3) is 0.688. The Morgan fingerprint density at radius 1 is 1.29 bits per heavy atom. The van der Waals surface area contributed by atoms with E-state index in [0.29, 0.717) is 12.3 Å². The van der Waals surface area contributed by atoms with E-state index in [2.05, 4.69) is 19.1 Å². The summed E-state index contributed by atoms with van der Waals surface area (Å²) >= 11 is 0. The van der Waals surface area contributed by atoms with E-state index in [1.165, 1.54) is 7.11 Å². The maximum atomic E-state index is 11.5. The minimum absolute atomic E-state index is 0.122. The van der Waals surface area contributed by atoms with E-state index in [-0.39, 0.29) is 30.2 Å². The smallest absolute Gasteiger partial charge is 0.469 e. The fourth-order valence-corrected chi connectivity index (χ4v) is 2.52. The molecule has 5 heteroatoms. The summed E-state index contributed by atoms with van der Waals surface area (Å²) in [6.07, 6.45) is 6.61. The molecule has 1 fully saturated rings. The van der Waals surface area contributed by atoms with Crippen LogP contribution in [0.1, 0.15) is 41.0 Å². The second-order valence-electron chi connectivity index (χ2n) is 6.92. The lowest BCUT2D eigenvalue weighted by atomic mass is 9.71. The van der Waals surface area contributed by atoms with Gasteiger partial charge in [-0.05, 0) is 45.0 Å². The Morgan fingerprint density at radius 3 is 2.38 bits per heavy atom. The molecule has 0 saturated carbocycles. The van der Waals surface area contributed by atoms with Gasteiger partial charge in [-0.1, -0.05) is 25.2 Å². The van der Waals surface area contributed by atoms with Gasteiger partial charge in [0.25, 0.3) is 0 Å². The van der Waals surface area contributed by atoms with Crippen LogP contribution in [0.5, 0.6) is 0 Å². The minimum Gasteiger partial charge on any atom is -0.469 e. The van der Waals surface area contributed by atoms with Crippen LogP contribution in [0.15, 0.2) is 23.7 Å². The van der Waals surface area contributed by atoms with E-state index in [4.69, 9.17) is 14.0 Å². The monoisotopic (exact) mass is 292 g/mol. The third-order valence-electron chi connectivity index (χ3n) is 4.83. The van der Waals surface area contributed by atoms with E-state index in [9.17, 15) is 4.79 Å². The summed E-state index contributed by atoms with van der Waals surface area (Å²) in [5.74, 6) is 0.235. The van der Waals surface area contributed by atoms with Crippen molar-refractivity contribution in [1.29, 1.82) is 0 Å². The van der Waals surface area contributed by atoms with Crippen molar-refractivity contribution in [2.45, 2.75) is 52.2 Å². The van der Waals surface area contributed by atoms with Crippen LogP contribution in [0.2, 0.25) is 0 Å². The predicted octanol–water partition coefficient (Wildman–Crippen LogP) is 2.93. The molecule has 0 aromatic rings. The average molecular weight is 292 g/mol. The third kappa shape index (κ3) is 3.24. The second kappa shape index (κ2) is 5.62. The molecule has 1 heterocycles. The fourth-order valence-electron chi connectivity index (χ4n) is 2.52. The second-order valence-corrected chi connectivity index (χ2v) is 6.92. The van der Waals surface area contributed by atoms with Gasteiger partial charge in [-0.3, -0.25) is 4.79 Å². The third-order valence-corrected chi connectivity index (χ3v) is 4.83. The molecule has 0 spiro atoms. The first-order valence-electron chi connectivity index (χ1n) is 7.48. The molecule has 21 heavy (non-hydrogen) atoms. The lowest BCUT2D eigenvalue weighted by Gasteiger charge is -2.32. The number of carbonyl (C=O) groups is 1. The van der Waals surface area contributed by atoms with Gasteiger partial charge in [0.1, 0.15) is 0 Å². The molecule has 0 amide bonds. The summed E-state index contributed by atoms with van der Waals surface area (Å²) < 4.78 is 16.9. The first kappa shape index (κ1) is 16.3. The van der Waals surface area contributed by atoms with Gasteiger partial charge >= 0.3 is 13.1 Å². The highest BCUT2D eigenvalue weighted by atomic mass is 16.7. The zero-order chi connectivity index (χ0) is 15.8. The van der Waals surface area contributed by atoms with Gasteiger partial charge in [-0.15, -0.1) is 0 Å². The number of hydrogen-bond acceptors (Lipinski definition) is 4. The molecule has 2 atom stereocenters. The van der Waals surface area contributed by atoms with Crippen LogP contribution in [0.4, 0.5) is 0 Å². The molecule has 4 nitrogen and oxygen atoms in total. The number of methoxy groups -OCH3 is 1. The quantitative estimate of drug-likeness (QED) is 0.592. The topological polar surface area (TPSA) is 44.8 Å². The maximum absolute atomic E-state index is 11.5. The van der Waals surface area contributed by atoms with Crippen LogP contribution in [0.3, 0.4) is 0 Å². The average Bonchev–Trinajstić information content (AvgIpc) is 2.61. The van der Waals surface area contributed by atoms with E-state index in [1.54, 1.807) is 0 Å². The highest BCUT2D eigenvalue weighted by Crippen LogP contribution is 2.40. The zero-order valence-electron chi connectivity index (χ0n) is 13.8. The van der Waals surface area contributed by atoms with Gasteiger partial charge < -0.3 is 14.0 Å². The van der Waals surface area contributed by atoms with Crippen molar-refractivity contribution in [3.05, 3.63) is 23.7 Å². The standard InChI is InChI=1S/C16H25BO4/c1-11-7-8-13(9-12(11)10-14(18)19-6)17-20-15(2,3)16(4,5)21-17/h7-9,11-12H,10H2,1-6H3. The highest BCUT2D eigenvalue weighted by Gasteiger charge is 2.52. The Morgan fingerprint density at radius 2 is 1.86 bits per heavy atom. The number of rotatable bonds is 3. The van der Waals surface area contributed by atoms with Crippen molar-refractivity contribution in [2.75, 3.05) is 7.11 Å². The lowest BCUT2D eigenvalue weighted by molar-refractivity contribution is -0.141. The molecule has 1 aliphatic heterocycles. The molecule has 1 aliphatic carbocycles. The Labute approximate surface area is 127 Å². The van der Waals surface area contributed by atoms with Gasteiger partial charge in [0.15, 0.2) is 0 Å². The number of ether oxygens (including phenoxy) is 1. The van der Waals surface area contributed by atoms with Crippen molar-refractivity contribution >= 4 is 13.1 Å². The van der Waals surface area contributed by atoms with Crippen molar-refractivity contribution in [3.8, 4) is 0 Å². The molecule has 2 aliphatic rings. The summed E-state index contributed by atoms with van der Waals surface area (Å²) in [5, 5.41) is 0. The molecular weight excluding hydrogens is 267 g/mol. The Balaban J connectivity index is 2.15. The summed E-state index contributed by atoms with van der Waals surface area (Å²) in [6, 6.07) is 0. The molecule has 0 aromatic heterocycles. The molecule has 0 radical (unpaired) electrons. The van der Waals surface area contributed by atoms with E-state index in [0.717, 1.165) is 5.47 Å². The first-order valence-corrected chi connectivity index (χ1v) is 7.48. The highest BCUT2D eigenvalue weighted by molar-refractivity contribution is 6.55. The Bertz CT molecular complexity index is 463. The summed E-state index contributed by atoms with van der Waals surface area (Å²) in [7, 11) is 1.05. The van der Waals surface area contributed by atoms with E-state index >= 15 is 0 Å². The normalized spacial score (nSPS) is 30.2. The van der Waals surface area contributed by atoms with Crippen LogP contribution in [0.25, 0.3) is 0 Å². The molecule has 0 N–H and O–H groups in total. The minimum atomic E-state index is -0.376. The van der Waals surface area contributed by atoms with Crippen molar-refractivity contribution in [2.24, 2.45) is 11.8 Å². The number of carbonyl (C=O) groups excluding carboxylic acids is 1. The van der Waals surface area contributed by atoms with Gasteiger partial charge in [0.05, 0.1) is 24.7 Å². The van der Waals surface area contributed by atoms with E-state index < -0.39 is 0 Å². The maximum Gasteiger partial charge on any atom is 0.494 e. The first-order chi connectivity index (χ1) is 9.66. The van der Waals surface area contributed by atoms with Crippen LogP contribution in [0, 0.1) is 11.8 Å². The Kier molecular flexibility index (Phi) is 4.36. The van der Waals surface area contributed by atoms with E-state index in [1.807, 2.05) is 33.8 Å². The van der Waals surface area contributed by atoms with Gasteiger partial charge in [0, 0.05) is 0 Å². The van der Waals surface area contributed by atoms with Crippen LogP contribution >= 0.6 is 0 Å². The van der Waals surface area contributed by atoms with Crippen molar-refractivity contribution in [1.82, 2.24) is 0 Å². The van der Waals surface area contributed by atoms with Crippen molar-refractivity contribution in [3.63, 3.8) is 0 Å². The van der Waals surface area contributed by atoms with Gasteiger partial charge in [-0.25, -0.2) is 0 Å². The van der Waals surface area contributed by atoms with Crippen LogP contribution in [-0.2, 0) is 18.8 Å². The zero-order valence-corrected chi connectivity index (χ0v) is 13.8. The van der Waals surface area contributed by atoms with Crippen molar-refractivity contribution < 1.29 is 18.8 Å². The molecule has 0 aromatic carbocycles. The molecule has 1 saturated heterocycles. The summed E-state index contributed by atoms with van der Waals surface area (Å²) in [4.78, 5) is 11.5. The molecule has 0 bridgehead atoms. The van der Waals surface area contributed by atoms with Crippen LogP contribution < -0.4 is 0 Å². The number of allylic oxidation sites excluding steroid dienone is 4. The Hall–Kier alpha value is -1.07. The number of esters is 1. The summed E-state index contributed by atoms with van der Waals surface area (Å²) in [5.41, 5.74) is 0.279. The molecule has 2 unspecified atom stereocenters. The summed E-state index contributed by atoms with van der Waals surface area (Å²) in [6.45, 7) is 10.2. The van der Waals surface area contributed by atoms with Crippen LogP contribution in [-0.4, -0.2) is 31.4 Å². The van der Waals surface area contributed by atoms with Gasteiger partial charge in [0.2, 0.25) is 0 Å². The molecule has 116 valence electrons. The SMILES string of the molecule is COC(=O)CC1C=C(B2OC(C)(C)C(C)(C)O2)C=CC1C. The predicted molar refractivity (Wildman–Crippen MR) is 82.6 cm³/mol. The number of hydrogen-bond donors (Lipinski definition) is 0. The largest absolute Gasteiger partial charge is 0.494 e. The lowest BCUT2D eigenvalue weighted by Crippen LogP contribution is -2.41.